The van der Waals surface area contributed by atoms with Crippen LogP contribution in [-0.2, 0) is 21.4 Å². The van der Waals surface area contributed by atoms with E-state index in [1.54, 1.807) is 36.5 Å². The number of amides is 1. The molecule has 3 rings (SSSR count). The first-order valence-corrected chi connectivity index (χ1v) is 8.77. The highest BCUT2D eigenvalue weighted by Gasteiger charge is 2.42. The largest absolute Gasteiger partial charge is 0.349 e. The van der Waals surface area contributed by atoms with E-state index in [-0.39, 0.29) is 17.3 Å². The van der Waals surface area contributed by atoms with Crippen LogP contribution >= 0.6 is 0 Å². The van der Waals surface area contributed by atoms with Gasteiger partial charge in [-0.15, -0.1) is 0 Å². The first-order valence-electron chi connectivity index (χ1n) is 7.33. The second-order valence-electron chi connectivity index (χ2n) is 5.27. The van der Waals surface area contributed by atoms with Crippen LogP contribution in [-0.4, -0.2) is 36.2 Å². The maximum Gasteiger partial charge on any atom is 0.243 e. The Morgan fingerprint density at radius 1 is 1.17 bits per heavy atom. The number of carbonyl (C=O) groups is 1. The highest BCUT2D eigenvalue weighted by atomic mass is 32.2. The predicted molar refractivity (Wildman–Crippen MR) is 84.8 cm³/mol. The summed E-state index contributed by atoms with van der Waals surface area (Å²) in [6.07, 6.45) is 2.18. The predicted octanol–water partition coefficient (Wildman–Crippen LogP) is 1.16. The number of sulfonamides is 1. The standard InChI is InChI=1S/C16H17N3O3S/c20-16(18-12-13-6-4-5-10-17-13)15-9-11-19(15)23(21,22)14-7-2-1-3-8-14/h1-8,10,15H,9,11-12H2,(H,18,20)/t15-/m0/s1. The molecule has 23 heavy (non-hydrogen) atoms. The molecule has 1 aromatic heterocycles. The van der Waals surface area contributed by atoms with Crippen molar-refractivity contribution in [1.29, 1.82) is 0 Å². The maximum absolute atomic E-state index is 12.5. The number of rotatable bonds is 5. The van der Waals surface area contributed by atoms with E-state index in [4.69, 9.17) is 0 Å². The lowest BCUT2D eigenvalue weighted by Crippen LogP contribution is -2.57. The van der Waals surface area contributed by atoms with Crippen molar-refractivity contribution in [3.63, 3.8) is 0 Å². The average Bonchev–Trinajstić information content (AvgIpc) is 2.53. The minimum atomic E-state index is -3.62. The summed E-state index contributed by atoms with van der Waals surface area (Å²) in [6, 6.07) is 13.0. The number of pyridine rings is 1. The summed E-state index contributed by atoms with van der Waals surface area (Å²) in [5, 5.41) is 2.75. The summed E-state index contributed by atoms with van der Waals surface area (Å²) < 4.78 is 26.3. The van der Waals surface area contributed by atoms with Crippen LogP contribution in [0.3, 0.4) is 0 Å². The number of nitrogens with zero attached hydrogens (tertiary/aromatic N) is 2. The molecule has 1 N–H and O–H groups in total. The summed E-state index contributed by atoms with van der Waals surface area (Å²) in [5.74, 6) is -0.290. The number of hydrogen-bond acceptors (Lipinski definition) is 4. The third kappa shape index (κ3) is 3.25. The van der Waals surface area contributed by atoms with Crippen LogP contribution in [0.15, 0.2) is 59.6 Å². The highest BCUT2D eigenvalue weighted by Crippen LogP contribution is 2.26. The van der Waals surface area contributed by atoms with Gasteiger partial charge in [-0.1, -0.05) is 24.3 Å². The SMILES string of the molecule is O=C(NCc1ccccn1)[C@@H]1CCN1S(=O)(=O)c1ccccc1. The quantitative estimate of drug-likeness (QED) is 0.892. The molecule has 1 aromatic carbocycles. The van der Waals surface area contributed by atoms with Gasteiger partial charge in [0.15, 0.2) is 0 Å². The third-order valence-electron chi connectivity index (χ3n) is 3.79. The fourth-order valence-electron chi connectivity index (χ4n) is 2.44. The molecule has 1 atom stereocenters. The van der Waals surface area contributed by atoms with Crippen LogP contribution in [0.4, 0.5) is 0 Å². The fraction of sp³-hybridized carbons (Fsp3) is 0.250. The first kappa shape index (κ1) is 15.6. The lowest BCUT2D eigenvalue weighted by Gasteiger charge is -2.38. The Morgan fingerprint density at radius 3 is 2.52 bits per heavy atom. The molecule has 2 aromatic rings. The van der Waals surface area contributed by atoms with Gasteiger partial charge in [-0.3, -0.25) is 9.78 Å². The Balaban J connectivity index is 1.66. The van der Waals surface area contributed by atoms with Crippen molar-refractivity contribution in [2.45, 2.75) is 23.9 Å². The van der Waals surface area contributed by atoms with Gasteiger partial charge < -0.3 is 5.32 Å². The van der Waals surface area contributed by atoms with E-state index in [0.29, 0.717) is 13.0 Å². The molecule has 0 bridgehead atoms. The van der Waals surface area contributed by atoms with Crippen LogP contribution in [0.25, 0.3) is 0 Å². The van der Waals surface area contributed by atoms with Crippen LogP contribution in [0.1, 0.15) is 12.1 Å². The molecule has 0 aliphatic carbocycles. The molecule has 2 heterocycles. The van der Waals surface area contributed by atoms with Gasteiger partial charge in [0.1, 0.15) is 6.04 Å². The minimum absolute atomic E-state index is 0.210. The summed E-state index contributed by atoms with van der Waals surface area (Å²) in [4.78, 5) is 16.6. The van der Waals surface area contributed by atoms with E-state index < -0.39 is 16.1 Å². The molecule has 7 heteroatoms. The molecule has 0 unspecified atom stereocenters. The summed E-state index contributed by atoms with van der Waals surface area (Å²) >= 11 is 0. The van der Waals surface area contributed by atoms with E-state index in [9.17, 15) is 13.2 Å². The Labute approximate surface area is 135 Å². The molecule has 0 saturated carbocycles. The Bertz CT molecular complexity index is 779. The van der Waals surface area contributed by atoms with Crippen molar-refractivity contribution >= 4 is 15.9 Å². The van der Waals surface area contributed by atoms with E-state index in [2.05, 4.69) is 10.3 Å². The smallest absolute Gasteiger partial charge is 0.243 e. The van der Waals surface area contributed by atoms with Gasteiger partial charge in [0.25, 0.3) is 0 Å². The third-order valence-corrected chi connectivity index (χ3v) is 5.72. The molecule has 6 nitrogen and oxygen atoms in total. The molecule has 0 spiro atoms. The molecule has 120 valence electrons. The Kier molecular flexibility index (Phi) is 4.40. The van der Waals surface area contributed by atoms with Crippen molar-refractivity contribution in [2.24, 2.45) is 0 Å². The second kappa shape index (κ2) is 6.47. The zero-order valence-electron chi connectivity index (χ0n) is 12.4. The van der Waals surface area contributed by atoms with Crippen LogP contribution in [0.2, 0.25) is 0 Å². The summed E-state index contributed by atoms with van der Waals surface area (Å²) in [7, 11) is -3.62. The summed E-state index contributed by atoms with van der Waals surface area (Å²) in [5.41, 5.74) is 0.734. The minimum Gasteiger partial charge on any atom is -0.349 e. The van der Waals surface area contributed by atoms with Gasteiger partial charge in [0.2, 0.25) is 15.9 Å². The second-order valence-corrected chi connectivity index (χ2v) is 7.16. The molecule has 1 aliphatic heterocycles. The number of carbonyl (C=O) groups excluding carboxylic acids is 1. The highest BCUT2D eigenvalue weighted by molar-refractivity contribution is 7.89. The van der Waals surface area contributed by atoms with Gasteiger partial charge in [0.05, 0.1) is 17.1 Å². The van der Waals surface area contributed by atoms with E-state index in [1.165, 1.54) is 16.4 Å². The van der Waals surface area contributed by atoms with Gasteiger partial charge in [-0.2, -0.15) is 4.31 Å². The molecule has 0 radical (unpaired) electrons. The summed E-state index contributed by atoms with van der Waals surface area (Å²) in [6.45, 7) is 0.647. The van der Waals surface area contributed by atoms with Crippen LogP contribution < -0.4 is 5.32 Å². The van der Waals surface area contributed by atoms with Crippen molar-refractivity contribution in [3.05, 3.63) is 60.4 Å². The van der Waals surface area contributed by atoms with Gasteiger partial charge >= 0.3 is 0 Å². The molecular weight excluding hydrogens is 314 g/mol. The van der Waals surface area contributed by atoms with Crippen molar-refractivity contribution in [2.75, 3.05) is 6.54 Å². The van der Waals surface area contributed by atoms with Crippen molar-refractivity contribution in [1.82, 2.24) is 14.6 Å². The fourth-order valence-corrected chi connectivity index (χ4v) is 4.09. The lowest BCUT2D eigenvalue weighted by atomic mass is 10.1. The number of benzene rings is 1. The van der Waals surface area contributed by atoms with Gasteiger partial charge in [-0.05, 0) is 30.7 Å². The van der Waals surface area contributed by atoms with Crippen molar-refractivity contribution in [3.8, 4) is 0 Å². The molecule has 1 fully saturated rings. The lowest BCUT2D eigenvalue weighted by molar-refractivity contribution is -0.127. The Hall–Kier alpha value is -2.25. The van der Waals surface area contributed by atoms with Crippen LogP contribution in [0, 0.1) is 0 Å². The molecule has 1 aliphatic rings. The van der Waals surface area contributed by atoms with Crippen LogP contribution in [0.5, 0.6) is 0 Å². The first-order chi connectivity index (χ1) is 11.1. The van der Waals surface area contributed by atoms with Gasteiger partial charge in [-0.25, -0.2) is 8.42 Å². The molecule has 1 amide bonds. The number of hydrogen-bond donors (Lipinski definition) is 1. The maximum atomic E-state index is 12.5. The topological polar surface area (TPSA) is 79.4 Å². The van der Waals surface area contributed by atoms with E-state index in [1.807, 2.05) is 6.07 Å². The van der Waals surface area contributed by atoms with Crippen molar-refractivity contribution < 1.29 is 13.2 Å². The normalized spacial score (nSPS) is 18.2. The number of aromatic nitrogens is 1. The monoisotopic (exact) mass is 331 g/mol. The number of nitrogens with one attached hydrogen (secondary N) is 1. The zero-order chi connectivity index (χ0) is 16.3. The zero-order valence-corrected chi connectivity index (χ0v) is 13.2. The van der Waals surface area contributed by atoms with E-state index in [0.717, 1.165) is 5.69 Å². The molecule has 1 saturated heterocycles. The molecular formula is C16H17N3O3S. The van der Waals surface area contributed by atoms with Gasteiger partial charge in [0, 0.05) is 12.7 Å². The Morgan fingerprint density at radius 2 is 1.91 bits per heavy atom. The van der Waals surface area contributed by atoms with E-state index >= 15 is 0 Å². The average molecular weight is 331 g/mol.